The average molecular weight is 356 g/mol. The first-order chi connectivity index (χ1) is 11.3. The molecule has 2 N–H and O–H groups in total. The van der Waals surface area contributed by atoms with Crippen molar-refractivity contribution in [2.75, 3.05) is 13.1 Å². The number of amides is 2. The first-order valence-corrected chi connectivity index (χ1v) is 9.36. The zero-order valence-electron chi connectivity index (χ0n) is 15.2. The van der Waals surface area contributed by atoms with E-state index < -0.39 is 12.0 Å². The highest BCUT2D eigenvalue weighted by Crippen LogP contribution is 2.19. The molecule has 0 spiro atoms. The Labute approximate surface area is 148 Å². The number of rotatable bonds is 9. The molecule has 0 saturated carbocycles. The van der Waals surface area contributed by atoms with E-state index in [0.717, 1.165) is 17.1 Å². The van der Waals surface area contributed by atoms with E-state index in [1.807, 2.05) is 12.3 Å². The number of aromatic nitrogens is 1. The highest BCUT2D eigenvalue weighted by Gasteiger charge is 2.25. The summed E-state index contributed by atoms with van der Waals surface area (Å²) in [6.07, 6.45) is 1.50. The molecule has 0 aromatic carbocycles. The SMILES string of the molecule is CCCN(CCc1csc(C(C)C)n1)C(=O)N[C@H](C(=O)O)C(C)C. The van der Waals surface area contributed by atoms with E-state index in [1.165, 1.54) is 0 Å². The molecular formula is C17H29N3O3S. The van der Waals surface area contributed by atoms with Gasteiger partial charge in [0.2, 0.25) is 0 Å². The lowest BCUT2D eigenvalue weighted by atomic mass is 10.1. The Morgan fingerprint density at radius 3 is 2.42 bits per heavy atom. The van der Waals surface area contributed by atoms with Gasteiger partial charge in [0.05, 0.1) is 10.7 Å². The van der Waals surface area contributed by atoms with Gasteiger partial charge in [-0.25, -0.2) is 14.6 Å². The molecule has 1 heterocycles. The van der Waals surface area contributed by atoms with Gasteiger partial charge in [-0.3, -0.25) is 0 Å². The van der Waals surface area contributed by atoms with E-state index in [-0.39, 0.29) is 11.9 Å². The van der Waals surface area contributed by atoms with Crippen LogP contribution in [0.25, 0.3) is 0 Å². The van der Waals surface area contributed by atoms with Crippen molar-refractivity contribution in [3.05, 3.63) is 16.1 Å². The van der Waals surface area contributed by atoms with Crippen LogP contribution in [0.4, 0.5) is 4.79 Å². The van der Waals surface area contributed by atoms with Gasteiger partial charge in [-0.15, -0.1) is 11.3 Å². The van der Waals surface area contributed by atoms with Crippen molar-refractivity contribution in [2.45, 2.75) is 59.4 Å². The van der Waals surface area contributed by atoms with E-state index >= 15 is 0 Å². The molecule has 0 fully saturated rings. The summed E-state index contributed by atoms with van der Waals surface area (Å²) in [4.78, 5) is 29.9. The lowest BCUT2D eigenvalue weighted by Crippen LogP contribution is -2.50. The second kappa shape index (κ2) is 9.61. The topological polar surface area (TPSA) is 82.5 Å². The van der Waals surface area contributed by atoms with Gasteiger partial charge in [0, 0.05) is 30.8 Å². The molecule has 1 atom stereocenters. The van der Waals surface area contributed by atoms with Crippen LogP contribution in [-0.2, 0) is 11.2 Å². The number of hydrogen-bond donors (Lipinski definition) is 2. The number of urea groups is 1. The first-order valence-electron chi connectivity index (χ1n) is 8.48. The Morgan fingerprint density at radius 1 is 1.29 bits per heavy atom. The predicted molar refractivity (Wildman–Crippen MR) is 96.6 cm³/mol. The number of carbonyl (C=O) groups is 2. The molecule has 0 saturated heterocycles. The molecule has 1 aromatic heterocycles. The number of thiazole rings is 1. The average Bonchev–Trinajstić information content (AvgIpc) is 2.97. The number of nitrogens with zero attached hydrogens (tertiary/aromatic N) is 2. The summed E-state index contributed by atoms with van der Waals surface area (Å²) >= 11 is 1.64. The summed E-state index contributed by atoms with van der Waals surface area (Å²) in [7, 11) is 0. The van der Waals surface area contributed by atoms with Crippen molar-refractivity contribution in [2.24, 2.45) is 5.92 Å². The van der Waals surface area contributed by atoms with Crippen LogP contribution in [0.15, 0.2) is 5.38 Å². The molecule has 0 aliphatic rings. The Bertz CT molecular complexity index is 543. The number of carboxylic acids is 1. The molecule has 0 bridgehead atoms. The summed E-state index contributed by atoms with van der Waals surface area (Å²) in [5, 5.41) is 15.0. The minimum atomic E-state index is -1.00. The van der Waals surface area contributed by atoms with Gasteiger partial charge < -0.3 is 15.3 Å². The van der Waals surface area contributed by atoms with Gasteiger partial charge in [-0.2, -0.15) is 0 Å². The van der Waals surface area contributed by atoms with E-state index in [2.05, 4.69) is 24.1 Å². The molecule has 136 valence electrons. The van der Waals surface area contributed by atoms with Crippen LogP contribution in [0.3, 0.4) is 0 Å². The van der Waals surface area contributed by atoms with Crippen molar-refractivity contribution < 1.29 is 14.7 Å². The molecule has 0 radical (unpaired) electrons. The van der Waals surface area contributed by atoms with E-state index in [4.69, 9.17) is 0 Å². The number of carbonyl (C=O) groups excluding carboxylic acids is 1. The molecule has 7 heteroatoms. The maximum Gasteiger partial charge on any atom is 0.326 e. The molecule has 6 nitrogen and oxygen atoms in total. The van der Waals surface area contributed by atoms with E-state index in [0.29, 0.717) is 25.4 Å². The van der Waals surface area contributed by atoms with Crippen molar-refractivity contribution in [1.82, 2.24) is 15.2 Å². The van der Waals surface area contributed by atoms with Crippen LogP contribution >= 0.6 is 11.3 Å². The molecule has 0 unspecified atom stereocenters. The van der Waals surface area contributed by atoms with Crippen molar-refractivity contribution >= 4 is 23.3 Å². The van der Waals surface area contributed by atoms with Gasteiger partial charge in [0.15, 0.2) is 0 Å². The fourth-order valence-electron chi connectivity index (χ4n) is 2.27. The maximum absolute atomic E-state index is 12.4. The largest absolute Gasteiger partial charge is 0.480 e. The van der Waals surface area contributed by atoms with E-state index in [1.54, 1.807) is 30.1 Å². The first kappa shape index (κ1) is 20.4. The number of aliphatic carboxylic acids is 1. The minimum Gasteiger partial charge on any atom is -0.480 e. The Balaban J connectivity index is 2.67. The summed E-state index contributed by atoms with van der Waals surface area (Å²) in [6, 6.07) is -1.19. The summed E-state index contributed by atoms with van der Waals surface area (Å²) in [5.74, 6) is -0.765. The number of hydrogen-bond acceptors (Lipinski definition) is 4. The lowest BCUT2D eigenvalue weighted by Gasteiger charge is -2.26. The highest BCUT2D eigenvalue weighted by molar-refractivity contribution is 7.09. The van der Waals surface area contributed by atoms with Crippen LogP contribution in [0.5, 0.6) is 0 Å². The third-order valence-corrected chi connectivity index (χ3v) is 4.89. The standard InChI is InChI=1S/C17H29N3O3S/c1-6-8-20(17(23)19-14(11(2)3)16(21)22)9-7-13-10-24-15(18-13)12(4)5/h10-12,14H,6-9H2,1-5H3,(H,19,23)(H,21,22)/t14-/m0/s1. The number of nitrogens with one attached hydrogen (secondary N) is 1. The van der Waals surface area contributed by atoms with Gasteiger partial charge in [0.1, 0.15) is 6.04 Å². The van der Waals surface area contributed by atoms with Crippen LogP contribution in [0, 0.1) is 5.92 Å². The third-order valence-electron chi connectivity index (χ3n) is 3.69. The quantitative estimate of drug-likeness (QED) is 0.712. The normalized spacial score (nSPS) is 12.5. The minimum absolute atomic E-state index is 0.165. The molecule has 1 rings (SSSR count). The van der Waals surface area contributed by atoms with Crippen molar-refractivity contribution in [3.8, 4) is 0 Å². The molecule has 2 amide bonds. The lowest BCUT2D eigenvalue weighted by molar-refractivity contribution is -0.140. The smallest absolute Gasteiger partial charge is 0.326 e. The number of carboxylic acid groups (broad SMARTS) is 1. The molecular weight excluding hydrogens is 326 g/mol. The van der Waals surface area contributed by atoms with Crippen molar-refractivity contribution in [1.29, 1.82) is 0 Å². The highest BCUT2D eigenvalue weighted by atomic mass is 32.1. The summed E-state index contributed by atoms with van der Waals surface area (Å²) in [5.41, 5.74) is 0.983. The van der Waals surface area contributed by atoms with Crippen LogP contribution < -0.4 is 5.32 Å². The Morgan fingerprint density at radius 2 is 1.96 bits per heavy atom. The molecule has 24 heavy (non-hydrogen) atoms. The molecule has 1 aromatic rings. The molecule has 0 aliphatic carbocycles. The second-order valence-corrected chi connectivity index (χ2v) is 7.47. The Hall–Kier alpha value is -1.63. The van der Waals surface area contributed by atoms with Crippen LogP contribution in [0.1, 0.15) is 57.7 Å². The van der Waals surface area contributed by atoms with Crippen LogP contribution in [0.2, 0.25) is 0 Å². The third kappa shape index (κ3) is 6.11. The zero-order valence-corrected chi connectivity index (χ0v) is 16.0. The maximum atomic E-state index is 12.4. The zero-order chi connectivity index (χ0) is 18.3. The predicted octanol–water partition coefficient (Wildman–Crippen LogP) is 3.34. The van der Waals surface area contributed by atoms with Gasteiger partial charge in [0.25, 0.3) is 0 Å². The monoisotopic (exact) mass is 355 g/mol. The van der Waals surface area contributed by atoms with Gasteiger partial charge >= 0.3 is 12.0 Å². The Kier molecular flexibility index (Phi) is 8.18. The van der Waals surface area contributed by atoms with Crippen LogP contribution in [-0.4, -0.2) is 46.1 Å². The second-order valence-electron chi connectivity index (χ2n) is 6.58. The van der Waals surface area contributed by atoms with Gasteiger partial charge in [-0.05, 0) is 12.3 Å². The molecule has 0 aliphatic heterocycles. The van der Waals surface area contributed by atoms with Crippen molar-refractivity contribution in [3.63, 3.8) is 0 Å². The summed E-state index contributed by atoms with van der Waals surface area (Å²) in [6.45, 7) is 10.9. The summed E-state index contributed by atoms with van der Waals surface area (Å²) < 4.78 is 0. The van der Waals surface area contributed by atoms with E-state index in [9.17, 15) is 14.7 Å². The fraction of sp³-hybridized carbons (Fsp3) is 0.706. The fourth-order valence-corrected chi connectivity index (χ4v) is 3.14. The van der Waals surface area contributed by atoms with Gasteiger partial charge in [-0.1, -0.05) is 34.6 Å².